The van der Waals surface area contributed by atoms with Gasteiger partial charge in [-0.1, -0.05) is 38.3 Å². The minimum atomic E-state index is -1.79. The normalized spacial score (nSPS) is 15.8. The van der Waals surface area contributed by atoms with Crippen molar-refractivity contribution < 1.29 is 10.2 Å². The van der Waals surface area contributed by atoms with Gasteiger partial charge in [-0.2, -0.15) is 4.91 Å². The third kappa shape index (κ3) is 7.77. The van der Waals surface area contributed by atoms with Gasteiger partial charge in [-0.15, -0.1) is 0 Å². The van der Waals surface area contributed by atoms with E-state index in [1.54, 1.807) is 0 Å². The highest BCUT2D eigenvalue weighted by atomic mass is 16.5. The zero-order valence-electron chi connectivity index (χ0n) is 10.6. The van der Waals surface area contributed by atoms with E-state index in [1.807, 2.05) is 0 Å². The second kappa shape index (κ2) is 7.74. The molecule has 0 radical (unpaired) electrons. The van der Waals surface area contributed by atoms with Crippen molar-refractivity contribution in [3.8, 4) is 0 Å². The Bertz CT molecular complexity index is 189. The molecule has 16 heavy (non-hydrogen) atoms. The highest BCUT2D eigenvalue weighted by Crippen LogP contribution is 2.22. The highest BCUT2D eigenvalue weighted by molar-refractivity contribution is 4.73. The summed E-state index contributed by atoms with van der Waals surface area (Å²) in [5.74, 6) is -1.16. The van der Waals surface area contributed by atoms with Gasteiger partial charge < -0.3 is 10.2 Å². The van der Waals surface area contributed by atoms with Crippen LogP contribution in [0.2, 0.25) is 0 Å². The molecule has 0 rings (SSSR count). The van der Waals surface area contributed by atoms with Crippen molar-refractivity contribution in [1.82, 2.24) is 0 Å². The summed E-state index contributed by atoms with van der Waals surface area (Å²) in [6.45, 7) is 5.58. The Morgan fingerprint density at radius 1 is 1.19 bits per heavy atom. The van der Waals surface area contributed by atoms with Crippen LogP contribution in [0, 0.1) is 10.8 Å². The van der Waals surface area contributed by atoms with Crippen LogP contribution >= 0.6 is 0 Å². The maximum atomic E-state index is 10.6. The maximum absolute atomic E-state index is 10.6. The summed E-state index contributed by atoms with van der Waals surface area (Å²) in [6, 6.07) is -0.481. The monoisotopic (exact) mass is 231 g/mol. The lowest BCUT2D eigenvalue weighted by molar-refractivity contribution is -0.152. The molecular formula is C12H25NO3. The van der Waals surface area contributed by atoms with Crippen LogP contribution in [0.15, 0.2) is 5.18 Å². The summed E-state index contributed by atoms with van der Waals surface area (Å²) < 4.78 is 0. The Labute approximate surface area is 98.0 Å². The molecule has 0 aliphatic carbocycles. The van der Waals surface area contributed by atoms with Crippen molar-refractivity contribution >= 4 is 0 Å². The minimum absolute atomic E-state index is 0.0268. The van der Waals surface area contributed by atoms with Gasteiger partial charge in [0.1, 0.15) is 0 Å². The van der Waals surface area contributed by atoms with Gasteiger partial charge in [0.15, 0.2) is 5.79 Å². The largest absolute Gasteiger partial charge is 0.366 e. The zero-order chi connectivity index (χ0) is 12.6. The molecule has 0 aromatic heterocycles. The molecule has 0 saturated carbocycles. The average Bonchev–Trinajstić information content (AvgIpc) is 2.20. The Morgan fingerprint density at radius 3 is 2.19 bits per heavy atom. The predicted octanol–water partition coefficient (Wildman–Crippen LogP) is 2.82. The Balaban J connectivity index is 3.98. The first-order valence-corrected chi connectivity index (χ1v) is 6.20. The summed E-state index contributed by atoms with van der Waals surface area (Å²) in [5, 5.41) is 21.4. The first-order valence-electron chi connectivity index (χ1n) is 6.20. The van der Waals surface area contributed by atoms with Crippen LogP contribution in [0.4, 0.5) is 0 Å². The van der Waals surface area contributed by atoms with Crippen LogP contribution < -0.4 is 0 Å². The van der Waals surface area contributed by atoms with Gasteiger partial charge in [0, 0.05) is 6.42 Å². The van der Waals surface area contributed by atoms with Crippen LogP contribution in [-0.4, -0.2) is 22.0 Å². The summed E-state index contributed by atoms with van der Waals surface area (Å²) in [6.07, 6.45) is 5.04. The van der Waals surface area contributed by atoms with Crippen LogP contribution in [0.3, 0.4) is 0 Å². The van der Waals surface area contributed by atoms with Crippen LogP contribution in [-0.2, 0) is 0 Å². The quantitative estimate of drug-likeness (QED) is 0.473. The van der Waals surface area contributed by atoms with Crippen molar-refractivity contribution in [1.29, 1.82) is 0 Å². The van der Waals surface area contributed by atoms with Gasteiger partial charge in [-0.25, -0.2) is 0 Å². The van der Waals surface area contributed by atoms with E-state index in [9.17, 15) is 15.1 Å². The number of hydrogen-bond acceptors (Lipinski definition) is 4. The van der Waals surface area contributed by atoms with Crippen molar-refractivity contribution in [2.45, 2.75) is 71.1 Å². The van der Waals surface area contributed by atoms with Crippen molar-refractivity contribution in [3.63, 3.8) is 0 Å². The van der Waals surface area contributed by atoms with Crippen LogP contribution in [0.1, 0.15) is 59.3 Å². The fourth-order valence-electron chi connectivity index (χ4n) is 2.03. The van der Waals surface area contributed by atoms with Gasteiger partial charge in [0.05, 0.1) is 6.04 Å². The summed E-state index contributed by atoms with van der Waals surface area (Å²) >= 11 is 0. The fraction of sp³-hybridized carbons (Fsp3) is 1.00. The van der Waals surface area contributed by atoms with E-state index >= 15 is 0 Å². The smallest absolute Gasteiger partial charge is 0.161 e. The lowest BCUT2D eigenvalue weighted by Gasteiger charge is -2.20. The molecule has 0 amide bonds. The van der Waals surface area contributed by atoms with E-state index < -0.39 is 11.8 Å². The van der Waals surface area contributed by atoms with Gasteiger partial charge in [-0.3, -0.25) is 0 Å². The molecule has 2 unspecified atom stereocenters. The van der Waals surface area contributed by atoms with Gasteiger partial charge in [-0.05, 0) is 25.7 Å². The first kappa shape index (κ1) is 15.5. The average molecular weight is 231 g/mol. The van der Waals surface area contributed by atoms with E-state index in [0.717, 1.165) is 25.7 Å². The number of hydrogen-bond donors (Lipinski definition) is 2. The Morgan fingerprint density at radius 2 is 1.81 bits per heavy atom. The molecular weight excluding hydrogens is 206 g/mol. The van der Waals surface area contributed by atoms with Crippen molar-refractivity contribution in [2.75, 3.05) is 0 Å². The van der Waals surface area contributed by atoms with Gasteiger partial charge in [0.25, 0.3) is 0 Å². The lowest BCUT2D eigenvalue weighted by Crippen LogP contribution is -2.28. The molecule has 0 spiro atoms. The summed E-state index contributed by atoms with van der Waals surface area (Å²) in [5.41, 5.74) is 0. The maximum Gasteiger partial charge on any atom is 0.161 e. The summed E-state index contributed by atoms with van der Waals surface area (Å²) in [7, 11) is 0. The molecule has 0 bridgehead atoms. The van der Waals surface area contributed by atoms with E-state index in [-0.39, 0.29) is 6.42 Å². The third-order valence-electron chi connectivity index (χ3n) is 2.95. The first-order chi connectivity index (χ1) is 7.42. The Kier molecular flexibility index (Phi) is 7.51. The van der Waals surface area contributed by atoms with Gasteiger partial charge >= 0.3 is 0 Å². The minimum Gasteiger partial charge on any atom is -0.366 e. The molecule has 2 atom stereocenters. The van der Waals surface area contributed by atoms with E-state index in [1.165, 1.54) is 6.92 Å². The topological polar surface area (TPSA) is 69.9 Å². The molecule has 4 heteroatoms. The van der Waals surface area contributed by atoms with E-state index in [2.05, 4.69) is 19.0 Å². The predicted molar refractivity (Wildman–Crippen MR) is 65.0 cm³/mol. The summed E-state index contributed by atoms with van der Waals surface area (Å²) in [4.78, 5) is 10.6. The molecule has 2 N–H and O–H groups in total. The number of aliphatic hydroxyl groups is 2. The second-order valence-electron chi connectivity index (χ2n) is 4.82. The molecule has 0 aliphatic heterocycles. The van der Waals surface area contributed by atoms with Gasteiger partial charge in [0.2, 0.25) is 0 Å². The second-order valence-corrected chi connectivity index (χ2v) is 4.82. The SMILES string of the molecule is CCCC(CC)CCC(CC(C)(O)O)N=O. The highest BCUT2D eigenvalue weighted by Gasteiger charge is 2.23. The molecule has 0 heterocycles. The van der Waals surface area contributed by atoms with Crippen molar-refractivity contribution in [2.24, 2.45) is 11.1 Å². The van der Waals surface area contributed by atoms with Crippen LogP contribution in [0.25, 0.3) is 0 Å². The zero-order valence-corrected chi connectivity index (χ0v) is 10.6. The molecule has 0 aromatic carbocycles. The standard InChI is InChI=1S/C12H25NO3/c1-4-6-10(5-2)7-8-11(13-16)9-12(3,14)15/h10-11,14-15H,4-9H2,1-3H3. The molecule has 0 fully saturated rings. The Hall–Kier alpha value is -0.480. The number of nitroso groups, excluding NO2 is 1. The number of rotatable bonds is 9. The molecule has 0 saturated heterocycles. The fourth-order valence-corrected chi connectivity index (χ4v) is 2.03. The third-order valence-corrected chi connectivity index (χ3v) is 2.95. The molecule has 0 aliphatic rings. The van der Waals surface area contributed by atoms with E-state index in [4.69, 9.17) is 0 Å². The lowest BCUT2D eigenvalue weighted by atomic mass is 9.92. The van der Waals surface area contributed by atoms with E-state index in [0.29, 0.717) is 12.3 Å². The molecule has 4 nitrogen and oxygen atoms in total. The van der Waals surface area contributed by atoms with Crippen LogP contribution in [0.5, 0.6) is 0 Å². The van der Waals surface area contributed by atoms with Crippen molar-refractivity contribution in [3.05, 3.63) is 4.91 Å². The number of nitrogens with zero attached hydrogens (tertiary/aromatic N) is 1. The molecule has 96 valence electrons. The molecule has 0 aromatic rings.